The standard InChI is InChI=1S/C30H30FN3O2S2/c1-20-4-15-29(21(2)18-20)37-17-16-32-27-14-13-26(19-28(27)33-36-3)38-34-30(35)24-7-5-22(6-8-24)23-9-11-25(31)12-10-23/h4-15,18-19,32-33H,16-17H2,1-3H3,(H,34,35). The van der Waals surface area contributed by atoms with Crippen molar-refractivity contribution >= 4 is 41.0 Å². The molecule has 5 nitrogen and oxygen atoms in total. The molecule has 8 heteroatoms. The number of benzene rings is 4. The Hall–Kier alpha value is -3.46. The summed E-state index contributed by atoms with van der Waals surface area (Å²) in [6, 6.07) is 25.9. The van der Waals surface area contributed by atoms with Crippen LogP contribution in [0.15, 0.2) is 94.7 Å². The van der Waals surface area contributed by atoms with Crippen molar-refractivity contribution in [1.29, 1.82) is 0 Å². The second-order valence-electron chi connectivity index (χ2n) is 8.68. The zero-order valence-electron chi connectivity index (χ0n) is 21.5. The maximum Gasteiger partial charge on any atom is 0.261 e. The topological polar surface area (TPSA) is 62.4 Å². The van der Waals surface area contributed by atoms with Gasteiger partial charge in [0.25, 0.3) is 5.91 Å². The van der Waals surface area contributed by atoms with Crippen LogP contribution in [0, 0.1) is 19.7 Å². The van der Waals surface area contributed by atoms with E-state index in [1.807, 2.05) is 42.1 Å². The van der Waals surface area contributed by atoms with E-state index in [1.165, 1.54) is 40.1 Å². The quantitative estimate of drug-likeness (QED) is 0.0773. The van der Waals surface area contributed by atoms with E-state index >= 15 is 0 Å². The molecule has 1 amide bonds. The first kappa shape index (κ1) is 27.6. The van der Waals surface area contributed by atoms with Gasteiger partial charge in [-0.3, -0.25) is 19.8 Å². The molecule has 196 valence electrons. The molecule has 0 spiro atoms. The first-order valence-corrected chi connectivity index (χ1v) is 13.9. The van der Waals surface area contributed by atoms with Gasteiger partial charge in [0.1, 0.15) is 5.82 Å². The maximum absolute atomic E-state index is 13.2. The van der Waals surface area contributed by atoms with Crippen LogP contribution in [0.3, 0.4) is 0 Å². The van der Waals surface area contributed by atoms with Gasteiger partial charge < -0.3 is 5.32 Å². The van der Waals surface area contributed by atoms with Gasteiger partial charge in [0, 0.05) is 27.7 Å². The summed E-state index contributed by atoms with van der Waals surface area (Å²) in [6.45, 7) is 5.03. The normalized spacial score (nSPS) is 10.7. The van der Waals surface area contributed by atoms with Crippen molar-refractivity contribution in [3.05, 3.63) is 107 Å². The van der Waals surface area contributed by atoms with Crippen LogP contribution < -0.4 is 15.5 Å². The SMILES string of the molecule is CONc1cc(SNC(=O)c2ccc(-c3ccc(F)cc3)cc2)ccc1NCCSc1ccc(C)cc1C. The van der Waals surface area contributed by atoms with Crippen molar-refractivity contribution < 1.29 is 14.0 Å². The third kappa shape index (κ3) is 7.54. The van der Waals surface area contributed by atoms with Crippen LogP contribution in [0.25, 0.3) is 11.1 Å². The molecule has 0 aromatic heterocycles. The number of thioether (sulfide) groups is 1. The van der Waals surface area contributed by atoms with E-state index < -0.39 is 0 Å². The van der Waals surface area contributed by atoms with E-state index in [0.717, 1.165) is 39.7 Å². The summed E-state index contributed by atoms with van der Waals surface area (Å²) in [7, 11) is 1.57. The predicted molar refractivity (Wildman–Crippen MR) is 157 cm³/mol. The Morgan fingerprint density at radius 2 is 1.58 bits per heavy atom. The number of carbonyl (C=O) groups is 1. The van der Waals surface area contributed by atoms with E-state index in [-0.39, 0.29) is 11.7 Å². The highest BCUT2D eigenvalue weighted by Crippen LogP contribution is 2.29. The van der Waals surface area contributed by atoms with Crippen LogP contribution in [0.1, 0.15) is 21.5 Å². The van der Waals surface area contributed by atoms with Crippen LogP contribution in [-0.2, 0) is 4.84 Å². The Labute approximate surface area is 231 Å². The predicted octanol–water partition coefficient (Wildman–Crippen LogP) is 7.72. The van der Waals surface area contributed by atoms with Crippen LogP contribution in [-0.4, -0.2) is 25.3 Å². The molecule has 0 aliphatic heterocycles. The molecule has 0 saturated carbocycles. The molecule has 0 aliphatic carbocycles. The molecule has 0 bridgehead atoms. The van der Waals surface area contributed by atoms with Gasteiger partial charge in [-0.25, -0.2) is 4.39 Å². The van der Waals surface area contributed by atoms with Crippen molar-refractivity contribution in [1.82, 2.24) is 4.72 Å². The smallest absolute Gasteiger partial charge is 0.261 e. The second-order valence-corrected chi connectivity index (χ2v) is 10.7. The van der Waals surface area contributed by atoms with Gasteiger partial charge in [-0.2, -0.15) is 0 Å². The fraction of sp³-hybridized carbons (Fsp3) is 0.167. The zero-order valence-corrected chi connectivity index (χ0v) is 23.1. The highest BCUT2D eigenvalue weighted by atomic mass is 32.2. The number of anilines is 2. The first-order chi connectivity index (χ1) is 18.4. The highest BCUT2D eigenvalue weighted by Gasteiger charge is 2.09. The van der Waals surface area contributed by atoms with Gasteiger partial charge >= 0.3 is 0 Å². The number of rotatable bonds is 11. The minimum absolute atomic E-state index is 0.201. The first-order valence-electron chi connectivity index (χ1n) is 12.1. The fourth-order valence-electron chi connectivity index (χ4n) is 3.86. The Morgan fingerprint density at radius 3 is 2.26 bits per heavy atom. The van der Waals surface area contributed by atoms with Crippen LogP contribution in [0.4, 0.5) is 15.8 Å². The van der Waals surface area contributed by atoms with Crippen molar-refractivity contribution in [3.63, 3.8) is 0 Å². The minimum atomic E-state index is -0.276. The zero-order chi connectivity index (χ0) is 26.9. The summed E-state index contributed by atoms with van der Waals surface area (Å²) in [6.07, 6.45) is 0. The average molecular weight is 548 g/mol. The fourth-order valence-corrected chi connectivity index (χ4v) is 5.38. The van der Waals surface area contributed by atoms with Crippen LogP contribution in [0.2, 0.25) is 0 Å². The number of amides is 1. The molecule has 0 fully saturated rings. The largest absolute Gasteiger partial charge is 0.382 e. The molecule has 0 radical (unpaired) electrons. The van der Waals surface area contributed by atoms with Crippen molar-refractivity contribution in [2.45, 2.75) is 23.6 Å². The summed E-state index contributed by atoms with van der Waals surface area (Å²) in [5.41, 5.74) is 9.53. The lowest BCUT2D eigenvalue weighted by molar-refractivity contribution is 0.0984. The van der Waals surface area contributed by atoms with Crippen LogP contribution in [0.5, 0.6) is 0 Å². The number of hydrogen-bond acceptors (Lipinski definition) is 6. The molecule has 4 aromatic carbocycles. The Morgan fingerprint density at radius 1 is 0.868 bits per heavy atom. The third-order valence-corrected chi connectivity index (χ3v) is 7.75. The Balaban J connectivity index is 1.31. The molecule has 0 saturated heterocycles. The maximum atomic E-state index is 13.2. The van der Waals surface area contributed by atoms with Gasteiger partial charge in [-0.05, 0) is 91.0 Å². The summed E-state index contributed by atoms with van der Waals surface area (Å²) in [5.74, 6) is 0.442. The number of hydrogen-bond donors (Lipinski definition) is 3. The van der Waals surface area contributed by atoms with Gasteiger partial charge in [0.15, 0.2) is 0 Å². The van der Waals surface area contributed by atoms with Crippen molar-refractivity contribution in [3.8, 4) is 11.1 Å². The molecule has 4 rings (SSSR count). The van der Waals surface area contributed by atoms with Crippen molar-refractivity contribution in [2.24, 2.45) is 0 Å². The molecule has 38 heavy (non-hydrogen) atoms. The number of aryl methyl sites for hydroxylation is 2. The number of halogens is 1. The molecule has 0 atom stereocenters. The van der Waals surface area contributed by atoms with E-state index in [1.54, 1.807) is 31.4 Å². The molecule has 4 aromatic rings. The summed E-state index contributed by atoms with van der Waals surface area (Å²) in [5, 5.41) is 3.46. The van der Waals surface area contributed by atoms with E-state index in [0.29, 0.717) is 5.56 Å². The second kappa shape index (κ2) is 13.4. The summed E-state index contributed by atoms with van der Waals surface area (Å²) in [4.78, 5) is 20.0. The van der Waals surface area contributed by atoms with Gasteiger partial charge in [0.05, 0.1) is 18.5 Å². The van der Waals surface area contributed by atoms with E-state index in [9.17, 15) is 9.18 Å². The minimum Gasteiger partial charge on any atom is -0.382 e. The molecule has 3 N–H and O–H groups in total. The van der Waals surface area contributed by atoms with E-state index in [2.05, 4.69) is 47.6 Å². The molecule has 0 aliphatic rings. The monoisotopic (exact) mass is 547 g/mol. The average Bonchev–Trinajstić information content (AvgIpc) is 2.92. The molecular formula is C30H30FN3O2S2. The van der Waals surface area contributed by atoms with Gasteiger partial charge in [-0.1, -0.05) is 42.0 Å². The molecule has 0 unspecified atom stereocenters. The van der Waals surface area contributed by atoms with Crippen LogP contribution >= 0.6 is 23.7 Å². The van der Waals surface area contributed by atoms with Gasteiger partial charge in [0.2, 0.25) is 0 Å². The number of carbonyl (C=O) groups excluding carboxylic acids is 1. The Kier molecular flexibility index (Phi) is 9.70. The third-order valence-electron chi connectivity index (χ3n) is 5.79. The Bertz CT molecular complexity index is 1380. The molecular weight excluding hydrogens is 517 g/mol. The lowest BCUT2D eigenvalue weighted by atomic mass is 10.0. The highest BCUT2D eigenvalue weighted by molar-refractivity contribution is 7.99. The lowest BCUT2D eigenvalue weighted by Crippen LogP contribution is -2.15. The molecule has 0 heterocycles. The van der Waals surface area contributed by atoms with Gasteiger partial charge in [-0.15, -0.1) is 11.8 Å². The number of nitrogens with one attached hydrogen (secondary N) is 3. The van der Waals surface area contributed by atoms with E-state index in [4.69, 9.17) is 4.84 Å². The summed E-state index contributed by atoms with van der Waals surface area (Å²) < 4.78 is 16.1. The lowest BCUT2D eigenvalue weighted by Gasteiger charge is -2.14. The summed E-state index contributed by atoms with van der Waals surface area (Å²) >= 11 is 3.06. The van der Waals surface area contributed by atoms with Crippen molar-refractivity contribution in [2.75, 3.05) is 30.2 Å².